The second kappa shape index (κ2) is 7.91. The molecule has 2 N–H and O–H groups in total. The molecule has 2 unspecified atom stereocenters. The second-order valence-electron chi connectivity index (χ2n) is 4.89. The Morgan fingerprint density at radius 1 is 1.09 bits per heavy atom. The lowest BCUT2D eigenvalue weighted by Gasteiger charge is -2.28. The van der Waals surface area contributed by atoms with E-state index in [1.807, 2.05) is 0 Å². The molecule has 4 nitrogen and oxygen atoms in total. The van der Waals surface area contributed by atoms with E-state index in [1.165, 1.54) is 0 Å². The van der Waals surface area contributed by atoms with Crippen LogP contribution in [0.3, 0.4) is 0 Å². The fraction of sp³-hybridized carbons (Fsp3) is 0.909. The Hall–Kier alpha value is -0.710. The molecule has 12 heteroatoms. The molecule has 0 heterocycles. The molecule has 138 valence electrons. The SMILES string of the molecule is CCCCCC(C(N)=O)S(=O)(=O)C(Cl)C(C(F)(F)F)C(F)(F)F. The molecule has 2 atom stereocenters. The standard InChI is InChI=1S/C11H16ClF6NO3S/c1-2-3-4-5-6(9(19)20)23(21,22)8(12)7(10(13,14)15)11(16,17)18/h6-8H,2-5H2,1H3,(H2,19,20). The first kappa shape index (κ1) is 22.3. The third kappa shape index (κ3) is 6.02. The zero-order valence-electron chi connectivity index (χ0n) is 11.9. The number of amides is 1. The summed E-state index contributed by atoms with van der Waals surface area (Å²) in [6, 6.07) is 0. The van der Waals surface area contributed by atoms with Gasteiger partial charge in [-0.15, -0.1) is 11.6 Å². The van der Waals surface area contributed by atoms with E-state index in [0.29, 0.717) is 12.8 Å². The Kier molecular flexibility index (Phi) is 7.66. The molecule has 23 heavy (non-hydrogen) atoms. The summed E-state index contributed by atoms with van der Waals surface area (Å²) in [5, 5.41) is -2.20. The highest BCUT2D eigenvalue weighted by atomic mass is 35.5. The number of carbonyl (C=O) groups excluding carboxylic acids is 1. The maximum atomic E-state index is 12.6. The number of unbranched alkanes of at least 4 members (excludes halogenated alkanes) is 2. The van der Waals surface area contributed by atoms with Crippen molar-refractivity contribution in [2.24, 2.45) is 11.7 Å². The number of nitrogens with two attached hydrogens (primary N) is 1. The van der Waals surface area contributed by atoms with Gasteiger partial charge in [0.25, 0.3) is 0 Å². The number of carbonyl (C=O) groups is 1. The van der Waals surface area contributed by atoms with Crippen LogP contribution in [0.25, 0.3) is 0 Å². The van der Waals surface area contributed by atoms with Crippen LogP contribution in [0, 0.1) is 5.92 Å². The summed E-state index contributed by atoms with van der Waals surface area (Å²) in [5.41, 5.74) is 4.82. The molecule has 0 aromatic rings. The van der Waals surface area contributed by atoms with Crippen LogP contribution in [0.15, 0.2) is 0 Å². The van der Waals surface area contributed by atoms with Crippen LogP contribution in [0.2, 0.25) is 0 Å². The van der Waals surface area contributed by atoms with Crippen LogP contribution in [0.5, 0.6) is 0 Å². The van der Waals surface area contributed by atoms with Gasteiger partial charge in [-0.2, -0.15) is 26.3 Å². The monoisotopic (exact) mass is 391 g/mol. The lowest BCUT2D eigenvalue weighted by Crippen LogP contribution is -2.50. The average Bonchev–Trinajstić information content (AvgIpc) is 2.29. The van der Waals surface area contributed by atoms with E-state index < -0.39 is 50.4 Å². The summed E-state index contributed by atoms with van der Waals surface area (Å²) >= 11 is 5.02. The van der Waals surface area contributed by atoms with E-state index >= 15 is 0 Å². The van der Waals surface area contributed by atoms with E-state index in [-0.39, 0.29) is 6.42 Å². The number of primary amides is 1. The van der Waals surface area contributed by atoms with Crippen molar-refractivity contribution in [1.82, 2.24) is 0 Å². The molecule has 0 aliphatic rings. The minimum Gasteiger partial charge on any atom is -0.369 e. The Morgan fingerprint density at radius 2 is 1.52 bits per heavy atom. The molecule has 0 saturated carbocycles. The van der Waals surface area contributed by atoms with Gasteiger partial charge in [-0.1, -0.05) is 26.2 Å². The van der Waals surface area contributed by atoms with Gasteiger partial charge in [-0.25, -0.2) is 8.42 Å². The lowest BCUT2D eigenvalue weighted by molar-refractivity contribution is -0.279. The Balaban J connectivity index is 5.69. The Bertz CT molecular complexity index is 491. The van der Waals surface area contributed by atoms with Gasteiger partial charge in [0.05, 0.1) is 0 Å². The van der Waals surface area contributed by atoms with Gasteiger partial charge in [0.1, 0.15) is 5.25 Å². The number of hydrogen-bond acceptors (Lipinski definition) is 3. The zero-order chi connectivity index (χ0) is 18.6. The summed E-state index contributed by atoms with van der Waals surface area (Å²) in [4.78, 5) is 11.2. The first-order valence-corrected chi connectivity index (χ1v) is 8.51. The number of alkyl halides is 7. The van der Waals surface area contributed by atoms with Gasteiger partial charge >= 0.3 is 12.4 Å². The normalized spacial score (nSPS) is 16.4. The molecule has 0 saturated heterocycles. The van der Waals surface area contributed by atoms with Crippen molar-refractivity contribution in [3.63, 3.8) is 0 Å². The van der Waals surface area contributed by atoms with E-state index in [0.717, 1.165) is 0 Å². The van der Waals surface area contributed by atoms with Crippen molar-refractivity contribution in [3.8, 4) is 0 Å². The molecule has 0 bridgehead atoms. The molecule has 0 radical (unpaired) electrons. The second-order valence-corrected chi connectivity index (χ2v) is 7.87. The predicted octanol–water partition coefficient (Wildman–Crippen LogP) is 3.14. The molecular formula is C11H16ClF6NO3S. The topological polar surface area (TPSA) is 77.2 Å². The summed E-state index contributed by atoms with van der Waals surface area (Å²) in [5.74, 6) is -5.84. The maximum Gasteiger partial charge on any atom is 0.402 e. The van der Waals surface area contributed by atoms with Gasteiger partial charge in [0.2, 0.25) is 5.91 Å². The first-order chi connectivity index (χ1) is 10.2. The molecule has 0 aromatic heterocycles. The Labute approximate surface area is 134 Å². The van der Waals surface area contributed by atoms with Gasteiger partial charge in [-0.3, -0.25) is 4.79 Å². The fourth-order valence-corrected chi connectivity index (χ4v) is 4.36. The summed E-state index contributed by atoms with van der Waals surface area (Å²) < 4.78 is 96.0. The smallest absolute Gasteiger partial charge is 0.369 e. The minimum atomic E-state index is -5.94. The summed E-state index contributed by atoms with van der Waals surface area (Å²) in [6.07, 6.45) is -11.3. The van der Waals surface area contributed by atoms with Crippen LogP contribution < -0.4 is 5.73 Å². The predicted molar refractivity (Wildman–Crippen MR) is 71.3 cm³/mol. The summed E-state index contributed by atoms with van der Waals surface area (Å²) in [7, 11) is -5.30. The van der Waals surface area contributed by atoms with E-state index in [9.17, 15) is 39.6 Å². The van der Waals surface area contributed by atoms with Crippen molar-refractivity contribution in [2.75, 3.05) is 0 Å². The Morgan fingerprint density at radius 3 is 1.83 bits per heavy atom. The maximum absolute atomic E-state index is 12.6. The van der Waals surface area contributed by atoms with Crippen LogP contribution in [-0.4, -0.2) is 36.6 Å². The van der Waals surface area contributed by atoms with Gasteiger partial charge in [0.15, 0.2) is 20.5 Å². The third-order valence-electron chi connectivity index (χ3n) is 3.06. The van der Waals surface area contributed by atoms with Crippen molar-refractivity contribution in [2.45, 2.75) is 54.9 Å². The number of sulfone groups is 1. The van der Waals surface area contributed by atoms with E-state index in [1.54, 1.807) is 6.92 Å². The van der Waals surface area contributed by atoms with Crippen LogP contribution in [-0.2, 0) is 14.6 Å². The largest absolute Gasteiger partial charge is 0.402 e. The van der Waals surface area contributed by atoms with Gasteiger partial charge in [-0.05, 0) is 6.42 Å². The first-order valence-electron chi connectivity index (χ1n) is 6.46. The molecule has 0 spiro atoms. The number of halogens is 7. The minimum absolute atomic E-state index is 0.0929. The van der Waals surface area contributed by atoms with E-state index in [2.05, 4.69) is 0 Å². The quantitative estimate of drug-likeness (QED) is 0.392. The van der Waals surface area contributed by atoms with Crippen molar-refractivity contribution < 1.29 is 39.6 Å². The molecule has 0 aliphatic heterocycles. The van der Waals surface area contributed by atoms with Crippen LogP contribution in [0.4, 0.5) is 26.3 Å². The van der Waals surface area contributed by atoms with Crippen molar-refractivity contribution in [3.05, 3.63) is 0 Å². The highest BCUT2D eigenvalue weighted by Crippen LogP contribution is 2.45. The highest BCUT2D eigenvalue weighted by Gasteiger charge is 2.64. The molecule has 1 amide bonds. The molecule has 0 fully saturated rings. The van der Waals surface area contributed by atoms with Crippen LogP contribution >= 0.6 is 11.6 Å². The summed E-state index contributed by atoms with van der Waals surface area (Å²) in [6.45, 7) is 1.72. The highest BCUT2D eigenvalue weighted by molar-refractivity contribution is 7.94. The van der Waals surface area contributed by atoms with Gasteiger partial charge in [0, 0.05) is 0 Å². The van der Waals surface area contributed by atoms with Crippen molar-refractivity contribution in [1.29, 1.82) is 0 Å². The molecule has 0 aromatic carbocycles. The third-order valence-corrected chi connectivity index (χ3v) is 6.22. The number of rotatable bonds is 8. The molecular weight excluding hydrogens is 376 g/mol. The molecule has 0 rings (SSSR count). The lowest BCUT2D eigenvalue weighted by atomic mass is 10.1. The zero-order valence-corrected chi connectivity index (χ0v) is 13.5. The number of hydrogen-bond donors (Lipinski definition) is 1. The van der Waals surface area contributed by atoms with Gasteiger partial charge < -0.3 is 5.73 Å². The van der Waals surface area contributed by atoms with E-state index in [4.69, 9.17) is 17.3 Å². The van der Waals surface area contributed by atoms with Crippen LogP contribution in [0.1, 0.15) is 32.6 Å². The fourth-order valence-electron chi connectivity index (χ4n) is 1.88. The average molecular weight is 392 g/mol. The van der Waals surface area contributed by atoms with Crippen molar-refractivity contribution >= 4 is 27.3 Å². The molecule has 0 aliphatic carbocycles.